The lowest BCUT2D eigenvalue weighted by atomic mass is 10.4. The number of aliphatic carboxylic acids is 1. The summed E-state index contributed by atoms with van der Waals surface area (Å²) in [6.07, 6.45) is 0. The van der Waals surface area contributed by atoms with Crippen LogP contribution in [0.3, 0.4) is 0 Å². The molecule has 3 N–H and O–H groups in total. The first-order chi connectivity index (χ1) is 3.18. The molecule has 0 bridgehead atoms. The molecule has 3 nitrogen and oxygen atoms in total. The largest absolute Gasteiger partial charge is 0.480 e. The summed E-state index contributed by atoms with van der Waals surface area (Å²) in [6, 6.07) is -0.764. The first-order valence-corrected chi connectivity index (χ1v) is 2.85. The molecule has 50 valence electrons. The van der Waals surface area contributed by atoms with Gasteiger partial charge in [-0.1, -0.05) is 15.9 Å². The second kappa shape index (κ2) is 5.53. The smallest absolute Gasteiger partial charge is 0.321 e. The summed E-state index contributed by atoms with van der Waals surface area (Å²) < 4.78 is 0. The predicted octanol–water partition coefficient (Wildman–Crippen LogP) is 0.371. The molecule has 0 unspecified atom stereocenters. The van der Waals surface area contributed by atoms with Crippen molar-refractivity contribution in [1.82, 2.24) is 0 Å². The van der Waals surface area contributed by atoms with E-state index in [4.69, 9.17) is 10.8 Å². The zero-order chi connectivity index (χ0) is 5.86. The van der Waals surface area contributed by atoms with E-state index in [1.54, 1.807) is 0 Å². The van der Waals surface area contributed by atoms with Crippen molar-refractivity contribution >= 4 is 38.9 Å². The monoisotopic (exact) mass is 247 g/mol. The van der Waals surface area contributed by atoms with Gasteiger partial charge in [0.15, 0.2) is 0 Å². The van der Waals surface area contributed by atoms with Crippen molar-refractivity contribution in [3.63, 3.8) is 0 Å². The maximum Gasteiger partial charge on any atom is 0.321 e. The molecule has 0 aliphatic carbocycles. The van der Waals surface area contributed by atoms with Gasteiger partial charge in [0.2, 0.25) is 0 Å². The molecule has 0 aromatic heterocycles. The molecular formula is C3H7Br2NO2. The second-order valence-electron chi connectivity index (χ2n) is 1.10. The number of nitrogens with two attached hydrogens (primary N) is 1. The van der Waals surface area contributed by atoms with Gasteiger partial charge in [0, 0.05) is 5.33 Å². The summed E-state index contributed by atoms with van der Waals surface area (Å²) in [7, 11) is 0. The third-order valence-corrected chi connectivity index (χ3v) is 1.18. The Morgan fingerprint density at radius 3 is 2.25 bits per heavy atom. The Bertz CT molecular complexity index is 77.7. The first-order valence-electron chi connectivity index (χ1n) is 1.73. The van der Waals surface area contributed by atoms with Gasteiger partial charge in [-0.25, -0.2) is 0 Å². The van der Waals surface area contributed by atoms with Crippen molar-refractivity contribution in [2.75, 3.05) is 5.33 Å². The summed E-state index contributed by atoms with van der Waals surface area (Å²) in [5.41, 5.74) is 4.97. The fourth-order valence-corrected chi connectivity index (χ4v) is 0.343. The van der Waals surface area contributed by atoms with Crippen molar-refractivity contribution in [2.45, 2.75) is 6.04 Å². The molecule has 0 amide bonds. The highest BCUT2D eigenvalue weighted by Crippen LogP contribution is 1.84. The normalized spacial score (nSPS) is 11.8. The summed E-state index contributed by atoms with van der Waals surface area (Å²) in [4.78, 5) is 9.78. The van der Waals surface area contributed by atoms with Gasteiger partial charge in [0.05, 0.1) is 0 Å². The highest BCUT2D eigenvalue weighted by Gasteiger charge is 2.06. The van der Waals surface area contributed by atoms with Crippen LogP contribution < -0.4 is 5.73 Å². The summed E-state index contributed by atoms with van der Waals surface area (Å²) in [5.74, 6) is -0.975. The average Bonchev–Trinajstić information content (AvgIpc) is 1.65. The van der Waals surface area contributed by atoms with Crippen molar-refractivity contribution in [3.8, 4) is 0 Å². The highest BCUT2D eigenvalue weighted by atomic mass is 79.9. The molecule has 0 aliphatic heterocycles. The predicted molar refractivity (Wildman–Crippen MR) is 39.7 cm³/mol. The maximum absolute atomic E-state index is 9.78. The van der Waals surface area contributed by atoms with Crippen LogP contribution in [-0.4, -0.2) is 22.4 Å². The quantitative estimate of drug-likeness (QED) is 0.695. The number of carbonyl (C=O) groups is 1. The Kier molecular flexibility index (Phi) is 7.75. The molecule has 0 spiro atoms. The second-order valence-corrected chi connectivity index (χ2v) is 1.75. The summed E-state index contributed by atoms with van der Waals surface area (Å²) in [5, 5.41) is 8.33. The molecule has 0 radical (unpaired) electrons. The summed E-state index contributed by atoms with van der Waals surface area (Å²) in [6.45, 7) is 0. The molecule has 0 heterocycles. The lowest BCUT2D eigenvalue weighted by Gasteiger charge is -1.95. The number of halogens is 2. The minimum absolute atomic E-state index is 0. The van der Waals surface area contributed by atoms with E-state index in [1.165, 1.54) is 0 Å². The molecule has 0 aromatic carbocycles. The number of carboxylic acid groups (broad SMARTS) is 1. The maximum atomic E-state index is 9.78. The van der Waals surface area contributed by atoms with Gasteiger partial charge in [0.25, 0.3) is 0 Å². The van der Waals surface area contributed by atoms with Crippen LogP contribution in [0.2, 0.25) is 0 Å². The third-order valence-electron chi connectivity index (χ3n) is 0.483. The van der Waals surface area contributed by atoms with E-state index in [2.05, 4.69) is 15.9 Å². The lowest BCUT2D eigenvalue weighted by molar-refractivity contribution is -0.137. The van der Waals surface area contributed by atoms with Crippen LogP contribution >= 0.6 is 32.9 Å². The van der Waals surface area contributed by atoms with E-state index in [0.29, 0.717) is 5.33 Å². The van der Waals surface area contributed by atoms with E-state index >= 15 is 0 Å². The Balaban J connectivity index is 0. The Labute approximate surface area is 66.1 Å². The Morgan fingerprint density at radius 1 is 1.88 bits per heavy atom. The molecule has 0 rings (SSSR count). The van der Waals surface area contributed by atoms with E-state index in [1.807, 2.05) is 0 Å². The topological polar surface area (TPSA) is 63.3 Å². The first kappa shape index (κ1) is 11.2. The zero-order valence-corrected chi connectivity index (χ0v) is 7.30. The van der Waals surface area contributed by atoms with Crippen LogP contribution in [0, 0.1) is 0 Å². The molecule has 0 fully saturated rings. The molecule has 0 saturated heterocycles. The van der Waals surface area contributed by atoms with Crippen molar-refractivity contribution < 1.29 is 9.90 Å². The van der Waals surface area contributed by atoms with Crippen LogP contribution in [0.1, 0.15) is 0 Å². The Hall–Kier alpha value is 0.390. The molecule has 5 heteroatoms. The summed E-state index contributed by atoms with van der Waals surface area (Å²) >= 11 is 2.91. The van der Waals surface area contributed by atoms with Crippen LogP contribution in [0.4, 0.5) is 0 Å². The number of hydrogen-bond acceptors (Lipinski definition) is 2. The van der Waals surface area contributed by atoms with Gasteiger partial charge in [0.1, 0.15) is 6.04 Å². The molecule has 1 atom stereocenters. The minimum atomic E-state index is -0.975. The van der Waals surface area contributed by atoms with Crippen LogP contribution in [0.5, 0.6) is 0 Å². The van der Waals surface area contributed by atoms with Crippen LogP contribution in [0.25, 0.3) is 0 Å². The fraction of sp³-hybridized carbons (Fsp3) is 0.667. The van der Waals surface area contributed by atoms with Gasteiger partial charge in [-0.05, 0) is 0 Å². The van der Waals surface area contributed by atoms with Crippen molar-refractivity contribution in [1.29, 1.82) is 0 Å². The standard InChI is InChI=1S/C3H6BrNO2.BrH/c4-1-2(5)3(6)7;/h2H,1,5H2,(H,6,7);1H/t2-;/m1./s1. The van der Waals surface area contributed by atoms with E-state index in [-0.39, 0.29) is 17.0 Å². The molecular weight excluding hydrogens is 242 g/mol. The van der Waals surface area contributed by atoms with E-state index < -0.39 is 12.0 Å². The molecule has 0 aromatic rings. The van der Waals surface area contributed by atoms with Gasteiger partial charge >= 0.3 is 5.97 Å². The van der Waals surface area contributed by atoms with Gasteiger partial charge in [-0.2, -0.15) is 0 Å². The van der Waals surface area contributed by atoms with Gasteiger partial charge in [-0.15, -0.1) is 17.0 Å². The minimum Gasteiger partial charge on any atom is -0.480 e. The van der Waals surface area contributed by atoms with Crippen LogP contribution in [-0.2, 0) is 4.79 Å². The molecule has 0 aliphatic rings. The zero-order valence-electron chi connectivity index (χ0n) is 4.00. The lowest BCUT2D eigenvalue weighted by Crippen LogP contribution is -2.31. The number of alkyl halides is 1. The number of hydrogen-bond donors (Lipinski definition) is 2. The third kappa shape index (κ3) is 4.55. The van der Waals surface area contributed by atoms with Crippen molar-refractivity contribution in [2.24, 2.45) is 5.73 Å². The van der Waals surface area contributed by atoms with Gasteiger partial charge < -0.3 is 10.8 Å². The fourth-order valence-electron chi connectivity index (χ4n) is 0.0660. The van der Waals surface area contributed by atoms with Crippen LogP contribution in [0.15, 0.2) is 0 Å². The van der Waals surface area contributed by atoms with E-state index in [0.717, 1.165) is 0 Å². The SMILES string of the molecule is Br.N[C@H](CBr)C(=O)O. The molecule has 8 heavy (non-hydrogen) atoms. The van der Waals surface area contributed by atoms with Gasteiger partial charge in [-0.3, -0.25) is 4.79 Å². The van der Waals surface area contributed by atoms with E-state index in [9.17, 15) is 4.79 Å². The Morgan fingerprint density at radius 2 is 2.25 bits per heavy atom. The number of carboxylic acids is 1. The van der Waals surface area contributed by atoms with Crippen molar-refractivity contribution in [3.05, 3.63) is 0 Å². The average molecular weight is 249 g/mol. The number of rotatable bonds is 2. The highest BCUT2D eigenvalue weighted by molar-refractivity contribution is 9.09. The molecule has 0 saturated carbocycles.